The minimum absolute atomic E-state index is 0.114. The highest BCUT2D eigenvalue weighted by Gasteiger charge is 2.23. The first-order valence-corrected chi connectivity index (χ1v) is 7.95. The molecular weight excluding hydrogens is 369 g/mol. The van der Waals surface area contributed by atoms with E-state index in [1.54, 1.807) is 0 Å². The van der Waals surface area contributed by atoms with E-state index >= 15 is 0 Å². The van der Waals surface area contributed by atoms with Crippen molar-refractivity contribution in [1.29, 1.82) is 0 Å². The molecule has 0 saturated carbocycles. The average Bonchev–Trinajstić information content (AvgIpc) is 2.41. The van der Waals surface area contributed by atoms with Crippen LogP contribution in [0.25, 0.3) is 0 Å². The molecule has 0 spiro atoms. The van der Waals surface area contributed by atoms with Crippen molar-refractivity contribution in [3.8, 4) is 0 Å². The number of hydrogen-bond acceptors (Lipinski definition) is 2. The molecule has 2 rings (SSSR count). The number of fused-ring (bicyclic) bond motifs is 1. The van der Waals surface area contributed by atoms with Crippen molar-refractivity contribution < 1.29 is 14.7 Å². The summed E-state index contributed by atoms with van der Waals surface area (Å²) >= 11 is 2.22. The zero-order valence-corrected chi connectivity index (χ0v) is 13.4. The first-order chi connectivity index (χ1) is 9.58. The molecule has 0 unspecified atom stereocenters. The summed E-state index contributed by atoms with van der Waals surface area (Å²) in [6.45, 7) is 1.49. The van der Waals surface area contributed by atoms with Crippen LogP contribution in [0.1, 0.15) is 41.6 Å². The predicted octanol–water partition coefficient (Wildman–Crippen LogP) is 2.93. The van der Waals surface area contributed by atoms with Crippen LogP contribution in [0.5, 0.6) is 0 Å². The first kappa shape index (κ1) is 15.3. The summed E-state index contributed by atoms with van der Waals surface area (Å²) in [6.07, 6.45) is 3.54. The SMILES string of the molecule is O=C(O)CCCCCN1CCc2ccc(I)cc2C1=O. The van der Waals surface area contributed by atoms with Gasteiger partial charge in [-0.3, -0.25) is 9.59 Å². The Labute approximate surface area is 132 Å². The minimum atomic E-state index is -0.748. The van der Waals surface area contributed by atoms with Crippen LogP contribution in [-0.2, 0) is 11.2 Å². The average molecular weight is 387 g/mol. The van der Waals surface area contributed by atoms with Crippen molar-refractivity contribution in [2.24, 2.45) is 0 Å². The van der Waals surface area contributed by atoms with Crippen molar-refractivity contribution in [2.75, 3.05) is 13.1 Å². The number of nitrogens with zero attached hydrogens (tertiary/aromatic N) is 1. The highest BCUT2D eigenvalue weighted by molar-refractivity contribution is 14.1. The molecule has 108 valence electrons. The lowest BCUT2D eigenvalue weighted by atomic mass is 9.99. The van der Waals surface area contributed by atoms with Crippen molar-refractivity contribution in [3.05, 3.63) is 32.9 Å². The van der Waals surface area contributed by atoms with Crippen molar-refractivity contribution in [1.82, 2.24) is 4.90 Å². The number of rotatable bonds is 6. The zero-order valence-electron chi connectivity index (χ0n) is 11.3. The number of benzene rings is 1. The van der Waals surface area contributed by atoms with Gasteiger partial charge in [0.25, 0.3) is 5.91 Å². The normalized spacial score (nSPS) is 14.2. The molecule has 1 aliphatic rings. The molecule has 1 aromatic rings. The summed E-state index contributed by atoms with van der Waals surface area (Å²) in [7, 11) is 0. The van der Waals surface area contributed by atoms with Gasteiger partial charge in [-0.1, -0.05) is 12.5 Å². The van der Waals surface area contributed by atoms with Crippen LogP contribution in [-0.4, -0.2) is 35.0 Å². The molecule has 0 saturated heterocycles. The van der Waals surface area contributed by atoms with Gasteiger partial charge in [-0.2, -0.15) is 0 Å². The lowest BCUT2D eigenvalue weighted by Gasteiger charge is -2.28. The van der Waals surface area contributed by atoms with E-state index < -0.39 is 5.97 Å². The Bertz CT molecular complexity index is 516. The second-order valence-corrected chi connectivity index (χ2v) is 6.29. The van der Waals surface area contributed by atoms with E-state index in [0.29, 0.717) is 6.42 Å². The summed E-state index contributed by atoms with van der Waals surface area (Å²) in [5, 5.41) is 8.57. The van der Waals surface area contributed by atoms with Crippen LogP contribution in [0.15, 0.2) is 18.2 Å². The van der Waals surface area contributed by atoms with Gasteiger partial charge in [0.05, 0.1) is 0 Å². The molecule has 1 aliphatic heterocycles. The molecule has 0 aromatic heterocycles. The van der Waals surface area contributed by atoms with E-state index in [0.717, 1.165) is 47.0 Å². The van der Waals surface area contributed by atoms with Gasteiger partial charge in [0.15, 0.2) is 0 Å². The van der Waals surface area contributed by atoms with Gasteiger partial charge in [-0.05, 0) is 59.5 Å². The Kier molecular flexibility index (Phi) is 5.39. The summed E-state index contributed by atoms with van der Waals surface area (Å²) in [6, 6.07) is 6.03. The number of unbranched alkanes of at least 4 members (excludes halogenated alkanes) is 2. The van der Waals surface area contributed by atoms with Gasteiger partial charge in [-0.15, -0.1) is 0 Å². The zero-order chi connectivity index (χ0) is 14.5. The third-order valence-corrected chi connectivity index (χ3v) is 4.23. The van der Waals surface area contributed by atoms with Gasteiger partial charge in [-0.25, -0.2) is 0 Å². The Balaban J connectivity index is 1.86. The maximum absolute atomic E-state index is 12.4. The van der Waals surface area contributed by atoms with Crippen LogP contribution in [0.2, 0.25) is 0 Å². The summed E-state index contributed by atoms with van der Waals surface area (Å²) in [5.74, 6) is -0.634. The highest BCUT2D eigenvalue weighted by Crippen LogP contribution is 2.21. The Hall–Kier alpha value is -1.11. The Morgan fingerprint density at radius 2 is 2.10 bits per heavy atom. The maximum Gasteiger partial charge on any atom is 0.303 e. The fraction of sp³-hybridized carbons (Fsp3) is 0.467. The number of carboxylic acids is 1. The standard InChI is InChI=1S/C15H18INO3/c16-12-6-5-11-7-9-17(15(20)13(11)10-12)8-3-1-2-4-14(18)19/h5-6,10H,1-4,7-9H2,(H,18,19). The molecule has 4 nitrogen and oxygen atoms in total. The van der Waals surface area contributed by atoms with Crippen LogP contribution >= 0.6 is 22.6 Å². The maximum atomic E-state index is 12.4. The van der Waals surface area contributed by atoms with Crippen LogP contribution < -0.4 is 0 Å². The van der Waals surface area contributed by atoms with Crippen molar-refractivity contribution in [3.63, 3.8) is 0 Å². The number of carbonyl (C=O) groups excluding carboxylic acids is 1. The summed E-state index contributed by atoms with van der Waals surface area (Å²) in [4.78, 5) is 24.7. The first-order valence-electron chi connectivity index (χ1n) is 6.87. The number of hydrogen-bond donors (Lipinski definition) is 1. The number of carbonyl (C=O) groups is 2. The molecule has 0 atom stereocenters. The fourth-order valence-electron chi connectivity index (χ4n) is 2.46. The molecule has 0 aliphatic carbocycles. The van der Waals surface area contributed by atoms with Gasteiger partial charge in [0, 0.05) is 28.6 Å². The molecule has 0 bridgehead atoms. The molecule has 20 heavy (non-hydrogen) atoms. The number of carboxylic acid groups (broad SMARTS) is 1. The molecule has 5 heteroatoms. The molecule has 0 radical (unpaired) electrons. The summed E-state index contributed by atoms with van der Waals surface area (Å²) < 4.78 is 1.08. The van der Waals surface area contributed by atoms with Gasteiger partial charge >= 0.3 is 5.97 Å². The Morgan fingerprint density at radius 3 is 2.85 bits per heavy atom. The van der Waals surface area contributed by atoms with Gasteiger partial charge in [0.2, 0.25) is 0 Å². The van der Waals surface area contributed by atoms with Crippen LogP contribution in [0.4, 0.5) is 0 Å². The second kappa shape index (κ2) is 7.06. The molecule has 1 amide bonds. The molecule has 0 fully saturated rings. The summed E-state index contributed by atoms with van der Waals surface area (Å²) in [5.41, 5.74) is 1.96. The van der Waals surface area contributed by atoms with E-state index in [1.165, 1.54) is 0 Å². The number of aliphatic carboxylic acids is 1. The molecule has 1 N–H and O–H groups in total. The van der Waals surface area contributed by atoms with Gasteiger partial charge in [0.1, 0.15) is 0 Å². The van der Waals surface area contributed by atoms with E-state index in [2.05, 4.69) is 22.6 Å². The smallest absolute Gasteiger partial charge is 0.303 e. The van der Waals surface area contributed by atoms with Crippen molar-refractivity contribution in [2.45, 2.75) is 32.1 Å². The van der Waals surface area contributed by atoms with Crippen molar-refractivity contribution >= 4 is 34.5 Å². The largest absolute Gasteiger partial charge is 0.481 e. The highest BCUT2D eigenvalue weighted by atomic mass is 127. The monoisotopic (exact) mass is 387 g/mol. The lowest BCUT2D eigenvalue weighted by molar-refractivity contribution is -0.137. The third kappa shape index (κ3) is 3.94. The lowest BCUT2D eigenvalue weighted by Crippen LogP contribution is -2.38. The molecule has 1 heterocycles. The van der Waals surface area contributed by atoms with Crippen LogP contribution in [0.3, 0.4) is 0 Å². The van der Waals surface area contributed by atoms with Crippen LogP contribution in [0, 0.1) is 3.57 Å². The minimum Gasteiger partial charge on any atom is -0.481 e. The van der Waals surface area contributed by atoms with E-state index in [4.69, 9.17) is 5.11 Å². The molecular formula is C15H18INO3. The third-order valence-electron chi connectivity index (χ3n) is 3.56. The van der Waals surface area contributed by atoms with E-state index in [-0.39, 0.29) is 12.3 Å². The Morgan fingerprint density at radius 1 is 1.30 bits per heavy atom. The predicted molar refractivity (Wildman–Crippen MR) is 84.9 cm³/mol. The molecule has 1 aromatic carbocycles. The number of amides is 1. The quantitative estimate of drug-likeness (QED) is 0.603. The fourth-order valence-corrected chi connectivity index (χ4v) is 2.95. The van der Waals surface area contributed by atoms with E-state index in [9.17, 15) is 9.59 Å². The topological polar surface area (TPSA) is 57.6 Å². The number of halogens is 1. The second-order valence-electron chi connectivity index (χ2n) is 5.05. The van der Waals surface area contributed by atoms with Gasteiger partial charge < -0.3 is 10.0 Å². The van der Waals surface area contributed by atoms with E-state index in [1.807, 2.05) is 23.1 Å².